The van der Waals surface area contributed by atoms with Gasteiger partial charge in [-0.2, -0.15) is 0 Å². The van der Waals surface area contributed by atoms with Crippen LogP contribution in [0.3, 0.4) is 0 Å². The number of ether oxygens (including phenoxy) is 1. The van der Waals surface area contributed by atoms with Crippen molar-refractivity contribution >= 4 is 5.97 Å². The Morgan fingerprint density at radius 3 is 2.27 bits per heavy atom. The molecule has 0 unspecified atom stereocenters. The van der Waals surface area contributed by atoms with Crippen LogP contribution in [-0.2, 0) is 9.53 Å². The van der Waals surface area contributed by atoms with Gasteiger partial charge in [0, 0.05) is 13.2 Å². The van der Waals surface area contributed by atoms with Gasteiger partial charge in [-0.15, -0.1) is 0 Å². The summed E-state index contributed by atoms with van der Waals surface area (Å²) in [6, 6.07) is 0. The largest absolute Gasteiger partial charge is 0.478 e. The normalized spacial score (nSPS) is 13.3. The highest BCUT2D eigenvalue weighted by molar-refractivity contribution is 5.80. The van der Waals surface area contributed by atoms with Crippen molar-refractivity contribution in [1.82, 2.24) is 0 Å². The smallest absolute Gasteiger partial charge is 0.328 e. The van der Waals surface area contributed by atoms with Crippen molar-refractivity contribution in [3.63, 3.8) is 0 Å². The molecule has 3 nitrogen and oxygen atoms in total. The Labute approximate surface area is 66.7 Å². The SMILES string of the molecule is COC(C)(C)/C(C)=C/C(=O)O. The third-order valence-corrected chi connectivity index (χ3v) is 1.80. The highest BCUT2D eigenvalue weighted by atomic mass is 16.5. The molecule has 0 radical (unpaired) electrons. The molecule has 0 aliphatic carbocycles. The van der Waals surface area contributed by atoms with Gasteiger partial charge in [0.15, 0.2) is 0 Å². The standard InChI is InChI=1S/C8H14O3/c1-6(5-7(9)10)8(2,3)11-4/h5H,1-4H3,(H,9,10)/b6-5+. The van der Waals surface area contributed by atoms with Gasteiger partial charge in [0.2, 0.25) is 0 Å². The van der Waals surface area contributed by atoms with E-state index in [-0.39, 0.29) is 0 Å². The molecule has 0 heterocycles. The first-order valence-corrected chi connectivity index (χ1v) is 3.37. The van der Waals surface area contributed by atoms with Crippen molar-refractivity contribution in [3.8, 4) is 0 Å². The molecule has 0 aromatic carbocycles. The summed E-state index contributed by atoms with van der Waals surface area (Å²) >= 11 is 0. The lowest BCUT2D eigenvalue weighted by Gasteiger charge is -2.23. The van der Waals surface area contributed by atoms with Crippen molar-refractivity contribution in [2.45, 2.75) is 26.4 Å². The van der Waals surface area contributed by atoms with Crippen molar-refractivity contribution < 1.29 is 14.6 Å². The lowest BCUT2D eigenvalue weighted by atomic mass is 9.99. The van der Waals surface area contributed by atoms with E-state index in [1.165, 1.54) is 0 Å². The van der Waals surface area contributed by atoms with E-state index in [0.29, 0.717) is 5.57 Å². The number of hydrogen-bond donors (Lipinski definition) is 1. The van der Waals surface area contributed by atoms with Gasteiger partial charge in [0.05, 0.1) is 5.60 Å². The third kappa shape index (κ3) is 3.18. The summed E-state index contributed by atoms with van der Waals surface area (Å²) in [5.41, 5.74) is 0.214. The monoisotopic (exact) mass is 158 g/mol. The van der Waals surface area contributed by atoms with E-state index in [0.717, 1.165) is 6.08 Å². The molecule has 0 aromatic heterocycles. The Hall–Kier alpha value is -0.830. The van der Waals surface area contributed by atoms with E-state index in [2.05, 4.69) is 0 Å². The lowest BCUT2D eigenvalue weighted by Crippen LogP contribution is -2.24. The topological polar surface area (TPSA) is 46.5 Å². The molecule has 0 fully saturated rings. The fourth-order valence-electron chi connectivity index (χ4n) is 0.520. The molecule has 0 rings (SSSR count). The van der Waals surface area contributed by atoms with Gasteiger partial charge in [-0.3, -0.25) is 0 Å². The number of rotatable bonds is 3. The fraction of sp³-hybridized carbons (Fsp3) is 0.625. The van der Waals surface area contributed by atoms with Crippen molar-refractivity contribution in [2.24, 2.45) is 0 Å². The molecule has 0 amide bonds. The predicted molar refractivity (Wildman–Crippen MR) is 42.5 cm³/mol. The summed E-state index contributed by atoms with van der Waals surface area (Å²) in [6.45, 7) is 5.38. The minimum absolute atomic E-state index is 0.488. The van der Waals surface area contributed by atoms with Gasteiger partial charge >= 0.3 is 5.97 Å². The molecule has 0 aliphatic rings. The van der Waals surface area contributed by atoms with E-state index in [1.807, 2.05) is 13.8 Å². The van der Waals surface area contributed by atoms with Gasteiger partial charge in [-0.05, 0) is 26.3 Å². The number of carboxylic acid groups (broad SMARTS) is 1. The zero-order valence-corrected chi connectivity index (χ0v) is 7.34. The van der Waals surface area contributed by atoms with Gasteiger partial charge in [0.25, 0.3) is 0 Å². The molecule has 3 heteroatoms. The average Bonchev–Trinajstić information content (AvgIpc) is 1.86. The van der Waals surface area contributed by atoms with E-state index in [1.54, 1.807) is 14.0 Å². The van der Waals surface area contributed by atoms with E-state index >= 15 is 0 Å². The van der Waals surface area contributed by atoms with Gasteiger partial charge in [0.1, 0.15) is 0 Å². The minimum Gasteiger partial charge on any atom is -0.478 e. The second kappa shape index (κ2) is 3.53. The number of hydrogen-bond acceptors (Lipinski definition) is 2. The van der Waals surface area contributed by atoms with Gasteiger partial charge < -0.3 is 9.84 Å². The molecule has 1 N–H and O–H groups in total. The summed E-state index contributed by atoms with van der Waals surface area (Å²) in [5, 5.41) is 8.41. The van der Waals surface area contributed by atoms with Crippen LogP contribution in [0.2, 0.25) is 0 Å². The van der Waals surface area contributed by atoms with Crippen LogP contribution < -0.4 is 0 Å². The number of aliphatic carboxylic acids is 1. The third-order valence-electron chi connectivity index (χ3n) is 1.80. The van der Waals surface area contributed by atoms with Crippen LogP contribution in [-0.4, -0.2) is 23.8 Å². The summed E-state index contributed by atoms with van der Waals surface area (Å²) in [4.78, 5) is 10.2. The number of carbonyl (C=O) groups is 1. The maximum Gasteiger partial charge on any atom is 0.328 e. The Morgan fingerprint density at radius 1 is 1.55 bits per heavy atom. The van der Waals surface area contributed by atoms with E-state index in [4.69, 9.17) is 9.84 Å². The zero-order chi connectivity index (χ0) is 9.07. The minimum atomic E-state index is -0.937. The van der Waals surface area contributed by atoms with Crippen LogP contribution in [0, 0.1) is 0 Å². The van der Waals surface area contributed by atoms with E-state index < -0.39 is 11.6 Å². The molecule has 11 heavy (non-hydrogen) atoms. The molecule has 0 saturated carbocycles. The van der Waals surface area contributed by atoms with Crippen LogP contribution in [0.15, 0.2) is 11.6 Å². The maximum atomic E-state index is 10.2. The fourth-order valence-corrected chi connectivity index (χ4v) is 0.520. The van der Waals surface area contributed by atoms with Crippen LogP contribution in [0.4, 0.5) is 0 Å². The molecule has 0 saturated heterocycles. The first-order chi connectivity index (χ1) is 4.90. The highest BCUT2D eigenvalue weighted by Crippen LogP contribution is 2.18. The molecule has 0 aromatic rings. The quantitative estimate of drug-likeness (QED) is 0.632. The number of carboxylic acids is 1. The summed E-state index contributed by atoms with van der Waals surface area (Å²) in [5.74, 6) is -0.937. The highest BCUT2D eigenvalue weighted by Gasteiger charge is 2.19. The summed E-state index contributed by atoms with van der Waals surface area (Å²) < 4.78 is 5.07. The van der Waals surface area contributed by atoms with E-state index in [9.17, 15) is 4.79 Å². The maximum absolute atomic E-state index is 10.2. The first-order valence-electron chi connectivity index (χ1n) is 3.37. The van der Waals surface area contributed by atoms with Crippen LogP contribution >= 0.6 is 0 Å². The van der Waals surface area contributed by atoms with Crippen LogP contribution in [0.5, 0.6) is 0 Å². The molecule has 0 aliphatic heterocycles. The molecular weight excluding hydrogens is 144 g/mol. The average molecular weight is 158 g/mol. The molecule has 0 spiro atoms. The Kier molecular flexibility index (Phi) is 3.26. The first kappa shape index (κ1) is 10.2. The van der Waals surface area contributed by atoms with Crippen LogP contribution in [0.1, 0.15) is 20.8 Å². The second-order valence-corrected chi connectivity index (χ2v) is 2.88. The van der Waals surface area contributed by atoms with Crippen molar-refractivity contribution in [3.05, 3.63) is 11.6 Å². The van der Waals surface area contributed by atoms with Crippen molar-refractivity contribution in [1.29, 1.82) is 0 Å². The van der Waals surface area contributed by atoms with Crippen molar-refractivity contribution in [2.75, 3.05) is 7.11 Å². The Bertz CT molecular complexity index is 180. The molecule has 64 valence electrons. The lowest BCUT2D eigenvalue weighted by molar-refractivity contribution is -0.131. The zero-order valence-electron chi connectivity index (χ0n) is 7.34. The van der Waals surface area contributed by atoms with Crippen LogP contribution in [0.25, 0.3) is 0 Å². The Balaban J connectivity index is 4.46. The molecular formula is C8H14O3. The predicted octanol–water partition coefficient (Wildman–Crippen LogP) is 1.44. The second-order valence-electron chi connectivity index (χ2n) is 2.88. The number of methoxy groups -OCH3 is 1. The van der Waals surface area contributed by atoms with Gasteiger partial charge in [-0.25, -0.2) is 4.79 Å². The Morgan fingerprint density at radius 2 is 2.00 bits per heavy atom. The van der Waals surface area contributed by atoms with Gasteiger partial charge in [-0.1, -0.05) is 0 Å². The molecule has 0 bridgehead atoms. The molecule has 0 atom stereocenters. The summed E-state index contributed by atoms with van der Waals surface area (Å²) in [7, 11) is 1.55. The summed E-state index contributed by atoms with van der Waals surface area (Å²) in [6.07, 6.45) is 1.16.